The van der Waals surface area contributed by atoms with Crippen LogP contribution in [0.1, 0.15) is 11.1 Å². The van der Waals surface area contributed by atoms with Crippen LogP contribution in [0.3, 0.4) is 0 Å². The van der Waals surface area contributed by atoms with Crippen molar-refractivity contribution in [2.24, 2.45) is 0 Å². The molecule has 0 radical (unpaired) electrons. The fraction of sp³-hybridized carbons (Fsp3) is 0.200. The van der Waals surface area contributed by atoms with Crippen LogP contribution < -0.4 is 9.47 Å². The minimum Gasteiger partial charge on any atom is -0.497 e. The second-order valence-electron chi connectivity index (χ2n) is 5.55. The quantitative estimate of drug-likeness (QED) is 0.773. The van der Waals surface area contributed by atoms with E-state index in [1.807, 2.05) is 43.4 Å². The van der Waals surface area contributed by atoms with Gasteiger partial charge in [0, 0.05) is 17.7 Å². The molecule has 0 N–H and O–H groups in total. The second-order valence-corrected chi connectivity index (χ2v) is 5.55. The molecule has 0 atom stereocenters. The molecule has 2 aromatic carbocycles. The van der Waals surface area contributed by atoms with E-state index >= 15 is 0 Å². The molecule has 1 aliphatic rings. The molecule has 1 aliphatic heterocycles. The first-order chi connectivity index (χ1) is 11.2. The smallest absolute Gasteiger partial charge is 0.135 e. The van der Waals surface area contributed by atoms with Crippen molar-refractivity contribution in [1.29, 1.82) is 0 Å². The van der Waals surface area contributed by atoms with Crippen LogP contribution in [0.2, 0.25) is 0 Å². The van der Waals surface area contributed by atoms with Gasteiger partial charge in [0.25, 0.3) is 0 Å². The summed E-state index contributed by atoms with van der Waals surface area (Å²) >= 11 is 0. The van der Waals surface area contributed by atoms with Gasteiger partial charge < -0.3 is 9.47 Å². The predicted molar refractivity (Wildman–Crippen MR) is 101 cm³/mol. The largest absolute Gasteiger partial charge is 0.497 e. The molecule has 2 aromatic rings. The van der Waals surface area contributed by atoms with Crippen molar-refractivity contribution in [1.82, 2.24) is 4.90 Å². The van der Waals surface area contributed by atoms with Gasteiger partial charge in [-0.1, -0.05) is 24.1 Å². The average molecular weight is 342 g/mol. The van der Waals surface area contributed by atoms with E-state index < -0.39 is 0 Å². The Morgan fingerprint density at radius 1 is 1.17 bits per heavy atom. The normalized spacial score (nSPS) is 11.8. The molecule has 124 valence electrons. The number of hydrogen-bond acceptors (Lipinski definition) is 3. The lowest BCUT2D eigenvalue weighted by molar-refractivity contribution is 0.411. The predicted octanol–water partition coefficient (Wildman–Crippen LogP) is 4.33. The maximum Gasteiger partial charge on any atom is 0.135 e. The highest BCUT2D eigenvalue weighted by atomic mass is 35.5. The molecular weight excluding hydrogens is 322 g/mol. The highest BCUT2D eigenvalue weighted by Crippen LogP contribution is 2.39. The molecule has 0 aliphatic carbocycles. The summed E-state index contributed by atoms with van der Waals surface area (Å²) in [4.78, 5) is 2.10. The highest BCUT2D eigenvalue weighted by molar-refractivity contribution is 5.88. The van der Waals surface area contributed by atoms with Crippen molar-refractivity contribution in [3.63, 3.8) is 0 Å². The topological polar surface area (TPSA) is 21.7 Å². The van der Waals surface area contributed by atoms with Crippen LogP contribution in [0, 0.1) is 12.3 Å². The molecule has 0 saturated heterocycles. The van der Waals surface area contributed by atoms with Gasteiger partial charge in [0.2, 0.25) is 0 Å². The van der Waals surface area contributed by atoms with Crippen LogP contribution in [0.25, 0.3) is 11.6 Å². The Balaban J connectivity index is 0.00000208. The summed E-state index contributed by atoms with van der Waals surface area (Å²) in [6.45, 7) is 1.33. The minimum absolute atomic E-state index is 0. The Kier molecular flexibility index (Phi) is 5.92. The number of ether oxygens (including phenoxy) is 2. The van der Waals surface area contributed by atoms with E-state index in [9.17, 15) is 0 Å². The van der Waals surface area contributed by atoms with Crippen LogP contribution in [0.4, 0.5) is 0 Å². The maximum absolute atomic E-state index is 6.11. The number of terminal acetylenes is 1. The third-order valence-electron chi connectivity index (χ3n) is 3.80. The summed E-state index contributed by atoms with van der Waals surface area (Å²) < 4.78 is 11.5. The van der Waals surface area contributed by atoms with E-state index in [0.29, 0.717) is 6.54 Å². The van der Waals surface area contributed by atoms with E-state index in [2.05, 4.69) is 23.0 Å². The number of rotatable bonds is 4. The third kappa shape index (κ3) is 3.73. The van der Waals surface area contributed by atoms with Gasteiger partial charge in [0.15, 0.2) is 0 Å². The van der Waals surface area contributed by atoms with Crippen LogP contribution in [0.15, 0.2) is 42.5 Å². The summed E-state index contributed by atoms with van der Waals surface area (Å²) in [5, 5.41) is 0. The Hall–Kier alpha value is -2.41. The van der Waals surface area contributed by atoms with E-state index in [1.54, 1.807) is 7.11 Å². The van der Waals surface area contributed by atoms with Crippen molar-refractivity contribution in [2.75, 3.05) is 27.2 Å². The lowest BCUT2D eigenvalue weighted by atomic mass is 10.0. The molecule has 0 spiro atoms. The fourth-order valence-electron chi connectivity index (χ4n) is 2.69. The van der Waals surface area contributed by atoms with Gasteiger partial charge in [-0.25, -0.2) is 0 Å². The fourth-order valence-corrected chi connectivity index (χ4v) is 2.69. The van der Waals surface area contributed by atoms with Gasteiger partial charge in [0.1, 0.15) is 17.2 Å². The Bertz CT molecular complexity index is 792. The summed E-state index contributed by atoms with van der Waals surface area (Å²) in [5.74, 6) is 5.18. The molecule has 3 rings (SSSR count). The van der Waals surface area contributed by atoms with Crippen molar-refractivity contribution < 1.29 is 9.47 Å². The van der Waals surface area contributed by atoms with Crippen LogP contribution in [-0.2, 0) is 0 Å². The molecule has 0 aromatic heterocycles. The van der Waals surface area contributed by atoms with Crippen molar-refractivity contribution in [3.05, 3.63) is 53.6 Å². The molecule has 0 unspecified atom stereocenters. The SMILES string of the molecule is C#CCN(C)CC1=Cc2ccccc2Oc2ccc(OC)cc21.Cl. The molecule has 0 saturated carbocycles. The van der Waals surface area contributed by atoms with Crippen LogP contribution >= 0.6 is 12.4 Å². The van der Waals surface area contributed by atoms with E-state index in [0.717, 1.165) is 40.5 Å². The Morgan fingerprint density at radius 2 is 1.96 bits per heavy atom. The summed E-state index contributed by atoms with van der Waals surface area (Å²) in [5.41, 5.74) is 3.25. The molecule has 4 heteroatoms. The summed E-state index contributed by atoms with van der Waals surface area (Å²) in [6.07, 6.45) is 7.59. The van der Waals surface area contributed by atoms with Gasteiger partial charge in [-0.15, -0.1) is 18.8 Å². The van der Waals surface area contributed by atoms with Gasteiger partial charge in [-0.2, -0.15) is 0 Å². The average Bonchev–Trinajstić information content (AvgIpc) is 2.71. The molecule has 0 bridgehead atoms. The van der Waals surface area contributed by atoms with Crippen LogP contribution in [0.5, 0.6) is 17.2 Å². The first kappa shape index (κ1) is 17.9. The number of fused-ring (bicyclic) bond motifs is 2. The standard InChI is InChI=1S/C20H19NO2.ClH/c1-4-11-21(2)14-16-12-15-7-5-6-8-19(15)23-20-10-9-17(22-3)13-18(16)20;/h1,5-10,12-13H,11,14H2,2-3H3;1H. The second kappa shape index (κ2) is 7.92. The maximum atomic E-state index is 6.11. The third-order valence-corrected chi connectivity index (χ3v) is 3.80. The number of halogens is 1. The summed E-state index contributed by atoms with van der Waals surface area (Å²) in [6, 6.07) is 13.9. The Labute approximate surface area is 149 Å². The van der Waals surface area contributed by atoms with Gasteiger partial charge in [-0.05, 0) is 43.0 Å². The molecule has 0 amide bonds. The molecule has 24 heavy (non-hydrogen) atoms. The zero-order valence-corrected chi connectivity index (χ0v) is 14.6. The number of para-hydroxylation sites is 1. The molecule has 3 nitrogen and oxygen atoms in total. The van der Waals surface area contributed by atoms with Crippen molar-refractivity contribution in [2.45, 2.75) is 0 Å². The molecule has 0 fully saturated rings. The molecule has 1 heterocycles. The summed E-state index contributed by atoms with van der Waals surface area (Å²) in [7, 11) is 3.68. The number of nitrogens with zero attached hydrogens (tertiary/aromatic N) is 1. The lowest BCUT2D eigenvalue weighted by Gasteiger charge is -2.17. The van der Waals surface area contributed by atoms with Gasteiger partial charge >= 0.3 is 0 Å². The zero-order valence-electron chi connectivity index (χ0n) is 13.8. The van der Waals surface area contributed by atoms with E-state index in [4.69, 9.17) is 15.9 Å². The van der Waals surface area contributed by atoms with Gasteiger partial charge in [-0.3, -0.25) is 4.90 Å². The van der Waals surface area contributed by atoms with Crippen molar-refractivity contribution in [3.8, 4) is 29.6 Å². The minimum atomic E-state index is 0. The number of benzene rings is 2. The number of likely N-dealkylation sites (N-methyl/N-ethyl adjacent to an activating group) is 1. The van der Waals surface area contributed by atoms with Crippen LogP contribution in [-0.4, -0.2) is 32.1 Å². The Morgan fingerprint density at radius 3 is 2.71 bits per heavy atom. The molecular formula is C20H20ClNO2. The number of methoxy groups -OCH3 is 1. The first-order valence-electron chi connectivity index (χ1n) is 7.49. The lowest BCUT2D eigenvalue weighted by Crippen LogP contribution is -2.20. The van der Waals surface area contributed by atoms with E-state index in [-0.39, 0.29) is 12.4 Å². The van der Waals surface area contributed by atoms with Gasteiger partial charge in [0.05, 0.1) is 13.7 Å². The monoisotopic (exact) mass is 341 g/mol. The number of hydrogen-bond donors (Lipinski definition) is 0. The highest BCUT2D eigenvalue weighted by Gasteiger charge is 2.18. The van der Waals surface area contributed by atoms with Crippen molar-refractivity contribution >= 4 is 24.1 Å². The first-order valence-corrected chi connectivity index (χ1v) is 7.49. The van der Waals surface area contributed by atoms with E-state index in [1.165, 1.54) is 0 Å². The zero-order chi connectivity index (χ0) is 16.2.